The molecule has 5 heteroatoms. The molecule has 0 radical (unpaired) electrons. The van der Waals surface area contributed by atoms with Crippen molar-refractivity contribution >= 4 is 11.6 Å². The highest BCUT2D eigenvalue weighted by atomic mass is 35.5. The van der Waals surface area contributed by atoms with Crippen molar-refractivity contribution in [1.82, 2.24) is 19.8 Å². The lowest BCUT2D eigenvalue weighted by molar-refractivity contribution is 0.190. The van der Waals surface area contributed by atoms with Gasteiger partial charge in [0.05, 0.1) is 12.7 Å². The molecule has 18 heavy (non-hydrogen) atoms. The third kappa shape index (κ3) is 3.46. The lowest BCUT2D eigenvalue weighted by atomic mass is 9.97. The molecule has 0 atom stereocenters. The minimum Gasteiger partial charge on any atom is -0.321 e. The standard InChI is InChI=1S/C13H23ClN4/c1-3-18-6-4-11(5-7-18)8-15-10-13-16-9-12(14)17(13)2/h9,11,15H,3-8,10H2,1-2H3. The molecule has 2 rings (SSSR count). The van der Waals surface area contributed by atoms with Crippen molar-refractivity contribution < 1.29 is 0 Å². The van der Waals surface area contributed by atoms with Crippen LogP contribution >= 0.6 is 11.6 Å². The van der Waals surface area contributed by atoms with E-state index in [-0.39, 0.29) is 0 Å². The van der Waals surface area contributed by atoms with E-state index in [4.69, 9.17) is 11.6 Å². The van der Waals surface area contributed by atoms with Gasteiger partial charge in [-0.1, -0.05) is 18.5 Å². The van der Waals surface area contributed by atoms with Gasteiger partial charge in [-0.15, -0.1) is 0 Å². The zero-order chi connectivity index (χ0) is 13.0. The molecule has 1 fully saturated rings. The van der Waals surface area contributed by atoms with Gasteiger partial charge in [-0.2, -0.15) is 0 Å². The fourth-order valence-electron chi connectivity index (χ4n) is 2.48. The van der Waals surface area contributed by atoms with Crippen LogP contribution in [0.2, 0.25) is 5.15 Å². The Balaban J connectivity index is 1.68. The Hall–Kier alpha value is -0.580. The first-order chi connectivity index (χ1) is 8.70. The minimum absolute atomic E-state index is 0.697. The van der Waals surface area contributed by atoms with Crippen LogP contribution in [0, 0.1) is 5.92 Å². The highest BCUT2D eigenvalue weighted by molar-refractivity contribution is 6.29. The van der Waals surface area contributed by atoms with E-state index in [2.05, 4.69) is 22.1 Å². The summed E-state index contributed by atoms with van der Waals surface area (Å²) in [5, 5.41) is 4.20. The number of likely N-dealkylation sites (tertiary alicyclic amines) is 1. The summed E-state index contributed by atoms with van der Waals surface area (Å²) in [5.41, 5.74) is 0. The van der Waals surface area contributed by atoms with E-state index >= 15 is 0 Å². The van der Waals surface area contributed by atoms with Crippen LogP contribution < -0.4 is 5.32 Å². The molecule has 0 spiro atoms. The zero-order valence-electron chi connectivity index (χ0n) is 11.3. The Morgan fingerprint density at radius 1 is 1.44 bits per heavy atom. The zero-order valence-corrected chi connectivity index (χ0v) is 12.1. The van der Waals surface area contributed by atoms with Crippen LogP contribution in [0.3, 0.4) is 0 Å². The van der Waals surface area contributed by atoms with Gasteiger partial charge >= 0.3 is 0 Å². The first kappa shape index (κ1) is 13.8. The van der Waals surface area contributed by atoms with Crippen molar-refractivity contribution in [2.45, 2.75) is 26.3 Å². The second-order valence-corrected chi connectivity index (χ2v) is 5.45. The van der Waals surface area contributed by atoms with Crippen molar-refractivity contribution in [3.8, 4) is 0 Å². The van der Waals surface area contributed by atoms with E-state index in [1.165, 1.54) is 32.5 Å². The third-order valence-corrected chi connectivity index (χ3v) is 4.25. The largest absolute Gasteiger partial charge is 0.321 e. The molecule has 4 nitrogen and oxygen atoms in total. The smallest absolute Gasteiger partial charge is 0.128 e. The van der Waals surface area contributed by atoms with Crippen LogP contribution in [-0.2, 0) is 13.6 Å². The summed E-state index contributed by atoms with van der Waals surface area (Å²) in [6, 6.07) is 0. The maximum Gasteiger partial charge on any atom is 0.128 e. The summed E-state index contributed by atoms with van der Waals surface area (Å²) in [6.07, 6.45) is 4.32. The molecule has 1 N–H and O–H groups in total. The van der Waals surface area contributed by atoms with Crippen molar-refractivity contribution in [1.29, 1.82) is 0 Å². The Labute approximate surface area is 114 Å². The molecule has 0 saturated carbocycles. The molecule has 1 saturated heterocycles. The van der Waals surface area contributed by atoms with Gasteiger partial charge in [-0.05, 0) is 44.9 Å². The van der Waals surface area contributed by atoms with Crippen LogP contribution in [0.5, 0.6) is 0 Å². The molecule has 1 aromatic heterocycles. The molecule has 0 bridgehead atoms. The molecule has 1 aliphatic rings. The molecule has 0 aromatic carbocycles. The van der Waals surface area contributed by atoms with Crippen LogP contribution in [-0.4, -0.2) is 40.6 Å². The molecular weight excluding hydrogens is 248 g/mol. The summed E-state index contributed by atoms with van der Waals surface area (Å²) in [6.45, 7) is 7.81. The number of hydrogen-bond donors (Lipinski definition) is 1. The topological polar surface area (TPSA) is 33.1 Å². The number of piperidine rings is 1. The van der Waals surface area contributed by atoms with Crippen molar-refractivity contribution in [2.24, 2.45) is 13.0 Å². The van der Waals surface area contributed by atoms with Gasteiger partial charge < -0.3 is 14.8 Å². The third-order valence-electron chi connectivity index (χ3n) is 3.90. The SMILES string of the molecule is CCN1CCC(CNCc2ncc(Cl)n2C)CC1. The van der Waals surface area contributed by atoms with Gasteiger partial charge in [0.2, 0.25) is 0 Å². The maximum absolute atomic E-state index is 5.96. The first-order valence-electron chi connectivity index (χ1n) is 6.80. The molecule has 1 aromatic rings. The Kier molecular flexibility index (Phi) is 5.03. The van der Waals surface area contributed by atoms with Gasteiger partial charge in [0, 0.05) is 7.05 Å². The van der Waals surface area contributed by atoms with Crippen LogP contribution in [0.1, 0.15) is 25.6 Å². The van der Waals surface area contributed by atoms with E-state index < -0.39 is 0 Å². The van der Waals surface area contributed by atoms with Crippen molar-refractivity contribution in [3.63, 3.8) is 0 Å². The number of rotatable bonds is 5. The lowest BCUT2D eigenvalue weighted by Gasteiger charge is -2.31. The van der Waals surface area contributed by atoms with Crippen LogP contribution in [0.25, 0.3) is 0 Å². The van der Waals surface area contributed by atoms with E-state index in [0.29, 0.717) is 5.15 Å². The number of hydrogen-bond acceptors (Lipinski definition) is 3. The van der Waals surface area contributed by atoms with E-state index in [1.54, 1.807) is 6.20 Å². The summed E-state index contributed by atoms with van der Waals surface area (Å²) in [4.78, 5) is 6.81. The predicted molar refractivity (Wildman–Crippen MR) is 74.8 cm³/mol. The Morgan fingerprint density at radius 2 is 2.17 bits per heavy atom. The number of halogens is 1. The van der Waals surface area contributed by atoms with E-state index in [0.717, 1.165) is 24.8 Å². The summed E-state index contributed by atoms with van der Waals surface area (Å²) in [5.74, 6) is 1.81. The molecule has 1 aliphatic heterocycles. The molecule has 0 unspecified atom stereocenters. The molecule has 0 aliphatic carbocycles. The second-order valence-electron chi connectivity index (χ2n) is 5.06. The Morgan fingerprint density at radius 3 is 2.72 bits per heavy atom. The maximum atomic E-state index is 5.96. The fraction of sp³-hybridized carbons (Fsp3) is 0.769. The van der Waals surface area contributed by atoms with E-state index in [9.17, 15) is 0 Å². The van der Waals surface area contributed by atoms with Gasteiger partial charge in [-0.25, -0.2) is 4.98 Å². The van der Waals surface area contributed by atoms with Crippen LogP contribution in [0.15, 0.2) is 6.20 Å². The van der Waals surface area contributed by atoms with Crippen LogP contribution in [0.4, 0.5) is 0 Å². The fourth-order valence-corrected chi connectivity index (χ4v) is 2.63. The molecule has 2 heterocycles. The number of aromatic nitrogens is 2. The first-order valence-corrected chi connectivity index (χ1v) is 7.17. The summed E-state index contributed by atoms with van der Waals surface area (Å²) < 4.78 is 1.92. The average molecular weight is 271 g/mol. The van der Waals surface area contributed by atoms with Crippen molar-refractivity contribution in [3.05, 3.63) is 17.2 Å². The predicted octanol–water partition coefficient (Wildman–Crippen LogP) is 1.89. The van der Waals surface area contributed by atoms with Gasteiger partial charge in [0.1, 0.15) is 11.0 Å². The van der Waals surface area contributed by atoms with Gasteiger partial charge in [0.25, 0.3) is 0 Å². The Bertz CT molecular complexity index is 369. The van der Waals surface area contributed by atoms with E-state index in [1.807, 2.05) is 11.6 Å². The summed E-state index contributed by atoms with van der Waals surface area (Å²) >= 11 is 5.96. The number of nitrogens with zero attached hydrogens (tertiary/aromatic N) is 3. The number of imidazole rings is 1. The highest BCUT2D eigenvalue weighted by Crippen LogP contribution is 2.16. The van der Waals surface area contributed by atoms with Gasteiger partial charge in [-0.3, -0.25) is 0 Å². The molecule has 0 amide bonds. The highest BCUT2D eigenvalue weighted by Gasteiger charge is 2.17. The molecule has 102 valence electrons. The second kappa shape index (κ2) is 6.55. The monoisotopic (exact) mass is 270 g/mol. The van der Waals surface area contributed by atoms with Crippen molar-refractivity contribution in [2.75, 3.05) is 26.2 Å². The summed E-state index contributed by atoms with van der Waals surface area (Å²) in [7, 11) is 1.95. The van der Waals surface area contributed by atoms with Gasteiger partial charge in [0.15, 0.2) is 0 Å². The normalized spacial score (nSPS) is 18.4. The minimum atomic E-state index is 0.697. The average Bonchev–Trinajstić information content (AvgIpc) is 2.71. The molecular formula is C13H23ClN4. The quantitative estimate of drug-likeness (QED) is 0.887. The lowest BCUT2D eigenvalue weighted by Crippen LogP contribution is -2.37. The number of nitrogens with one attached hydrogen (secondary N) is 1.